The number of rotatable bonds is 4. The van der Waals surface area contributed by atoms with E-state index in [2.05, 4.69) is 0 Å². The number of likely N-dealkylation sites (tertiary alicyclic amines) is 1. The summed E-state index contributed by atoms with van der Waals surface area (Å²) >= 11 is 1.29. The zero-order valence-corrected chi connectivity index (χ0v) is 12.6. The number of nitro groups is 1. The fourth-order valence-corrected chi connectivity index (χ4v) is 3.01. The Labute approximate surface area is 127 Å². The molecular formula is C14H18N2O4S. The molecule has 6 nitrogen and oxygen atoms in total. The second-order valence-corrected chi connectivity index (χ2v) is 5.91. The average molecular weight is 310 g/mol. The van der Waals surface area contributed by atoms with E-state index in [1.54, 1.807) is 23.3 Å². The Morgan fingerprint density at radius 3 is 2.67 bits per heavy atom. The van der Waals surface area contributed by atoms with Gasteiger partial charge in [0.1, 0.15) is 0 Å². The maximum atomic E-state index is 12.4. The van der Waals surface area contributed by atoms with Gasteiger partial charge in [-0.1, -0.05) is 0 Å². The number of piperidine rings is 1. The molecule has 1 aliphatic heterocycles. The van der Waals surface area contributed by atoms with Gasteiger partial charge >= 0.3 is 0 Å². The van der Waals surface area contributed by atoms with Gasteiger partial charge in [0.05, 0.1) is 9.82 Å². The van der Waals surface area contributed by atoms with E-state index in [1.807, 2.05) is 0 Å². The van der Waals surface area contributed by atoms with E-state index in [-0.39, 0.29) is 24.1 Å². The zero-order valence-electron chi connectivity index (χ0n) is 11.8. The largest absolute Gasteiger partial charge is 0.396 e. The van der Waals surface area contributed by atoms with Crippen molar-refractivity contribution < 1.29 is 14.8 Å². The topological polar surface area (TPSA) is 83.7 Å². The third-order valence-corrected chi connectivity index (χ3v) is 4.57. The van der Waals surface area contributed by atoms with Crippen LogP contribution in [0, 0.1) is 16.0 Å². The van der Waals surface area contributed by atoms with Crippen LogP contribution in [0.2, 0.25) is 0 Å². The van der Waals surface area contributed by atoms with Crippen LogP contribution in [0.15, 0.2) is 23.1 Å². The van der Waals surface area contributed by atoms with Gasteiger partial charge in [-0.15, -0.1) is 11.8 Å². The molecule has 2 rings (SSSR count). The van der Waals surface area contributed by atoms with Crippen LogP contribution in [0.4, 0.5) is 5.69 Å². The summed E-state index contributed by atoms with van der Waals surface area (Å²) in [7, 11) is 0. The summed E-state index contributed by atoms with van der Waals surface area (Å²) in [5, 5.41) is 20.2. The van der Waals surface area contributed by atoms with Crippen LogP contribution in [-0.2, 0) is 0 Å². The first-order valence-corrected chi connectivity index (χ1v) is 8.02. The molecule has 0 saturated carbocycles. The van der Waals surface area contributed by atoms with Gasteiger partial charge in [0.25, 0.3) is 11.6 Å². The van der Waals surface area contributed by atoms with E-state index in [9.17, 15) is 14.9 Å². The van der Waals surface area contributed by atoms with Gasteiger partial charge in [-0.25, -0.2) is 0 Å². The summed E-state index contributed by atoms with van der Waals surface area (Å²) in [5.74, 6) is 0.0735. The number of aliphatic hydroxyl groups excluding tert-OH is 1. The Balaban J connectivity index is 2.16. The quantitative estimate of drug-likeness (QED) is 0.523. The lowest BCUT2D eigenvalue weighted by Gasteiger charge is -2.31. The molecular weight excluding hydrogens is 292 g/mol. The van der Waals surface area contributed by atoms with Crippen molar-refractivity contribution in [2.45, 2.75) is 17.7 Å². The SMILES string of the molecule is CSc1ccc(C(=O)N2CCC(CO)CC2)cc1[N+](=O)[O-]. The van der Waals surface area contributed by atoms with Crippen molar-refractivity contribution in [2.24, 2.45) is 5.92 Å². The second kappa shape index (κ2) is 6.91. The zero-order chi connectivity index (χ0) is 15.4. The maximum absolute atomic E-state index is 12.4. The monoisotopic (exact) mass is 310 g/mol. The summed E-state index contributed by atoms with van der Waals surface area (Å²) in [5.41, 5.74) is 0.320. The van der Waals surface area contributed by atoms with Gasteiger partial charge in [-0.05, 0) is 37.1 Å². The number of nitrogens with zero attached hydrogens (tertiary/aromatic N) is 2. The molecule has 114 valence electrons. The third kappa shape index (κ3) is 3.54. The van der Waals surface area contributed by atoms with Crippen molar-refractivity contribution in [3.05, 3.63) is 33.9 Å². The number of aliphatic hydroxyl groups is 1. The molecule has 7 heteroatoms. The molecule has 0 atom stereocenters. The van der Waals surface area contributed by atoms with Crippen LogP contribution in [-0.4, -0.2) is 46.8 Å². The second-order valence-electron chi connectivity index (χ2n) is 5.06. The Morgan fingerprint density at radius 2 is 2.14 bits per heavy atom. The van der Waals surface area contributed by atoms with Gasteiger partial charge < -0.3 is 10.0 Å². The van der Waals surface area contributed by atoms with Crippen molar-refractivity contribution in [3.63, 3.8) is 0 Å². The molecule has 0 spiro atoms. The van der Waals surface area contributed by atoms with E-state index in [1.165, 1.54) is 17.8 Å². The van der Waals surface area contributed by atoms with Gasteiger partial charge in [-0.2, -0.15) is 0 Å². The highest BCUT2D eigenvalue weighted by molar-refractivity contribution is 7.98. The van der Waals surface area contributed by atoms with Crippen molar-refractivity contribution in [3.8, 4) is 0 Å². The van der Waals surface area contributed by atoms with Crippen molar-refractivity contribution in [2.75, 3.05) is 26.0 Å². The van der Waals surface area contributed by atoms with Crippen LogP contribution < -0.4 is 0 Å². The lowest BCUT2D eigenvalue weighted by molar-refractivity contribution is -0.387. The smallest absolute Gasteiger partial charge is 0.283 e. The normalized spacial score (nSPS) is 16.0. The Bertz CT molecular complexity index is 542. The van der Waals surface area contributed by atoms with Gasteiger partial charge in [0.2, 0.25) is 0 Å². The predicted octanol–water partition coefficient (Wildman–Crippen LogP) is 2.16. The summed E-state index contributed by atoms with van der Waals surface area (Å²) in [6.45, 7) is 1.32. The summed E-state index contributed by atoms with van der Waals surface area (Å²) in [6.07, 6.45) is 3.31. The molecule has 21 heavy (non-hydrogen) atoms. The summed E-state index contributed by atoms with van der Waals surface area (Å²) in [4.78, 5) is 25.2. The van der Waals surface area contributed by atoms with Crippen LogP contribution in [0.5, 0.6) is 0 Å². The van der Waals surface area contributed by atoms with Crippen molar-refractivity contribution in [1.82, 2.24) is 4.90 Å². The molecule has 0 aromatic heterocycles. The minimum atomic E-state index is -0.458. The fourth-order valence-electron chi connectivity index (χ4n) is 2.47. The number of nitro benzene ring substituents is 1. The van der Waals surface area contributed by atoms with E-state index in [0.717, 1.165) is 12.8 Å². The van der Waals surface area contributed by atoms with Crippen molar-refractivity contribution in [1.29, 1.82) is 0 Å². The number of thioether (sulfide) groups is 1. The molecule has 1 aromatic rings. The Hall–Kier alpha value is -1.60. The van der Waals surface area contributed by atoms with Gasteiger partial charge in [-0.3, -0.25) is 14.9 Å². The number of hydrogen-bond acceptors (Lipinski definition) is 5. The number of carbonyl (C=O) groups excluding carboxylic acids is 1. The highest BCUT2D eigenvalue weighted by Crippen LogP contribution is 2.29. The molecule has 0 aliphatic carbocycles. The summed E-state index contributed by atoms with van der Waals surface area (Å²) in [6, 6.07) is 4.61. The van der Waals surface area contributed by atoms with E-state index in [0.29, 0.717) is 23.5 Å². The van der Waals surface area contributed by atoms with E-state index in [4.69, 9.17) is 5.11 Å². The average Bonchev–Trinajstić information content (AvgIpc) is 2.53. The molecule has 1 aliphatic rings. The molecule has 1 N–H and O–H groups in total. The minimum absolute atomic E-state index is 0.0291. The lowest BCUT2D eigenvalue weighted by Crippen LogP contribution is -2.39. The highest BCUT2D eigenvalue weighted by Gasteiger charge is 2.25. The number of hydrogen-bond donors (Lipinski definition) is 1. The number of amides is 1. The molecule has 1 aromatic carbocycles. The van der Waals surface area contributed by atoms with Crippen LogP contribution in [0.3, 0.4) is 0 Å². The molecule has 1 saturated heterocycles. The predicted molar refractivity (Wildman–Crippen MR) is 80.6 cm³/mol. The third-order valence-electron chi connectivity index (χ3n) is 3.78. The molecule has 0 radical (unpaired) electrons. The van der Waals surface area contributed by atoms with Crippen molar-refractivity contribution >= 4 is 23.4 Å². The maximum Gasteiger partial charge on any atom is 0.283 e. The number of benzene rings is 1. The first-order chi connectivity index (χ1) is 10.1. The number of carbonyl (C=O) groups is 1. The first-order valence-electron chi connectivity index (χ1n) is 6.79. The summed E-state index contributed by atoms with van der Waals surface area (Å²) < 4.78 is 0. The molecule has 1 heterocycles. The van der Waals surface area contributed by atoms with E-state index >= 15 is 0 Å². The molecule has 0 unspecified atom stereocenters. The minimum Gasteiger partial charge on any atom is -0.396 e. The lowest BCUT2D eigenvalue weighted by atomic mass is 9.97. The van der Waals surface area contributed by atoms with Crippen LogP contribution in [0.1, 0.15) is 23.2 Å². The van der Waals surface area contributed by atoms with E-state index < -0.39 is 4.92 Å². The van der Waals surface area contributed by atoms with Gasteiger partial charge in [0.15, 0.2) is 0 Å². The Kier molecular flexibility index (Phi) is 5.19. The Morgan fingerprint density at radius 1 is 1.48 bits per heavy atom. The van der Waals surface area contributed by atoms with Crippen LogP contribution >= 0.6 is 11.8 Å². The van der Waals surface area contributed by atoms with Crippen LogP contribution in [0.25, 0.3) is 0 Å². The fraction of sp³-hybridized carbons (Fsp3) is 0.500. The molecule has 1 amide bonds. The van der Waals surface area contributed by atoms with Gasteiger partial charge in [0, 0.05) is 31.3 Å². The molecule has 1 fully saturated rings. The molecule has 0 bridgehead atoms. The first kappa shape index (κ1) is 15.8. The standard InChI is InChI=1S/C14H18N2O4S/c1-21-13-3-2-11(8-12(13)16(19)20)14(18)15-6-4-10(9-17)5-7-15/h2-3,8,10,17H,4-7,9H2,1H3. The highest BCUT2D eigenvalue weighted by atomic mass is 32.2.